The summed E-state index contributed by atoms with van der Waals surface area (Å²) in [4.78, 5) is 6.76. The van der Waals surface area contributed by atoms with Crippen LogP contribution >= 0.6 is 0 Å². The zero-order chi connectivity index (χ0) is 20.8. The van der Waals surface area contributed by atoms with Gasteiger partial charge in [-0.05, 0) is 53.8 Å². The Morgan fingerprint density at radius 1 is 1.07 bits per heavy atom. The highest BCUT2D eigenvalue weighted by atomic mass is 16.5. The number of hydrogen-bond donors (Lipinski definition) is 1. The van der Waals surface area contributed by atoms with Crippen molar-refractivity contribution in [1.82, 2.24) is 4.98 Å². The summed E-state index contributed by atoms with van der Waals surface area (Å²) in [5, 5.41) is 12.3. The first-order valence-corrected chi connectivity index (χ1v) is 10.4. The van der Waals surface area contributed by atoms with Crippen molar-refractivity contribution in [3.05, 3.63) is 83.7 Å². The fourth-order valence-electron chi connectivity index (χ4n) is 4.18. The molecule has 5 heteroatoms. The minimum Gasteiger partial charge on any atom is -0.411 e. The predicted molar refractivity (Wildman–Crippen MR) is 121 cm³/mol. The van der Waals surface area contributed by atoms with Gasteiger partial charge in [-0.25, -0.2) is 0 Å². The molecule has 1 aliphatic rings. The van der Waals surface area contributed by atoms with Crippen LogP contribution < -0.4 is 4.90 Å². The number of rotatable bonds is 6. The second kappa shape index (κ2) is 9.55. The number of ether oxygens (including phenoxy) is 1. The van der Waals surface area contributed by atoms with Crippen molar-refractivity contribution in [1.29, 1.82) is 0 Å². The van der Waals surface area contributed by atoms with E-state index in [4.69, 9.17) is 9.94 Å². The van der Waals surface area contributed by atoms with E-state index < -0.39 is 0 Å². The van der Waals surface area contributed by atoms with Crippen molar-refractivity contribution < 1.29 is 9.94 Å². The van der Waals surface area contributed by atoms with Gasteiger partial charge in [0.05, 0.1) is 13.2 Å². The van der Waals surface area contributed by atoms with E-state index in [9.17, 15) is 0 Å². The molecule has 1 unspecified atom stereocenters. The fourth-order valence-corrected chi connectivity index (χ4v) is 4.18. The van der Waals surface area contributed by atoms with Gasteiger partial charge in [-0.3, -0.25) is 4.98 Å². The molecular formula is C25H27N3O2. The third kappa shape index (κ3) is 4.36. The quantitative estimate of drug-likeness (QED) is 0.363. The largest absolute Gasteiger partial charge is 0.411 e. The van der Waals surface area contributed by atoms with Crippen LogP contribution in [-0.4, -0.2) is 42.7 Å². The molecule has 0 saturated carbocycles. The molecule has 0 bridgehead atoms. The van der Waals surface area contributed by atoms with Gasteiger partial charge in [0, 0.05) is 48.9 Å². The van der Waals surface area contributed by atoms with E-state index in [-0.39, 0.29) is 5.92 Å². The summed E-state index contributed by atoms with van der Waals surface area (Å²) in [6, 6.07) is 19.1. The van der Waals surface area contributed by atoms with Gasteiger partial charge < -0.3 is 14.8 Å². The van der Waals surface area contributed by atoms with Gasteiger partial charge in [0.15, 0.2) is 0 Å². The number of aryl methyl sites for hydroxylation is 1. The Hall–Kier alpha value is -3.18. The number of hydrogen-bond acceptors (Lipinski definition) is 5. The van der Waals surface area contributed by atoms with Crippen LogP contribution in [0.2, 0.25) is 0 Å². The summed E-state index contributed by atoms with van der Waals surface area (Å²) in [6.07, 6.45) is 5.95. The van der Waals surface area contributed by atoms with Gasteiger partial charge in [-0.2, -0.15) is 0 Å². The average molecular weight is 402 g/mol. The summed E-state index contributed by atoms with van der Waals surface area (Å²) in [6.45, 7) is 5.52. The van der Waals surface area contributed by atoms with E-state index in [1.165, 1.54) is 22.4 Å². The average Bonchev–Trinajstić information content (AvgIpc) is 2.81. The first kappa shape index (κ1) is 20.1. The molecule has 2 heterocycles. The van der Waals surface area contributed by atoms with Crippen LogP contribution in [0.4, 0.5) is 5.69 Å². The van der Waals surface area contributed by atoms with Gasteiger partial charge in [-0.1, -0.05) is 36.4 Å². The Balaban J connectivity index is 1.71. The predicted octanol–water partition coefficient (Wildman–Crippen LogP) is 4.88. The van der Waals surface area contributed by atoms with Crippen LogP contribution in [0.1, 0.15) is 29.0 Å². The smallest absolute Gasteiger partial charge is 0.0642 e. The van der Waals surface area contributed by atoms with Gasteiger partial charge in [-0.15, -0.1) is 5.16 Å². The molecule has 0 spiro atoms. The monoisotopic (exact) mass is 401 g/mol. The Bertz CT molecular complexity index is 995. The molecule has 2 aromatic carbocycles. The van der Waals surface area contributed by atoms with Gasteiger partial charge >= 0.3 is 0 Å². The number of morpholine rings is 1. The maximum absolute atomic E-state index is 9.06. The van der Waals surface area contributed by atoms with Crippen LogP contribution in [0.15, 0.2) is 72.1 Å². The SMILES string of the molecule is Cc1ccccc1C(CC=NO)c1ccncc1-c1ccc(N2CCOCC2)cc1. The molecule has 1 aromatic heterocycles. The van der Waals surface area contributed by atoms with E-state index >= 15 is 0 Å². The van der Waals surface area contributed by atoms with Crippen molar-refractivity contribution in [3.63, 3.8) is 0 Å². The van der Waals surface area contributed by atoms with Crippen molar-refractivity contribution in [2.45, 2.75) is 19.3 Å². The highest BCUT2D eigenvalue weighted by molar-refractivity contribution is 5.72. The topological polar surface area (TPSA) is 58.0 Å². The Kier molecular flexibility index (Phi) is 6.40. The van der Waals surface area contributed by atoms with Crippen LogP contribution in [0, 0.1) is 6.92 Å². The Labute approximate surface area is 177 Å². The molecule has 5 nitrogen and oxygen atoms in total. The minimum atomic E-state index is 0.0824. The zero-order valence-corrected chi connectivity index (χ0v) is 17.2. The second-order valence-corrected chi connectivity index (χ2v) is 7.55. The van der Waals surface area contributed by atoms with Gasteiger partial charge in [0.2, 0.25) is 0 Å². The fraction of sp³-hybridized carbons (Fsp3) is 0.280. The molecule has 0 radical (unpaired) electrons. The Morgan fingerprint density at radius 2 is 1.83 bits per heavy atom. The van der Waals surface area contributed by atoms with Crippen molar-refractivity contribution in [2.24, 2.45) is 5.16 Å². The molecule has 0 aliphatic carbocycles. The third-order valence-corrected chi connectivity index (χ3v) is 5.77. The Morgan fingerprint density at radius 3 is 2.57 bits per heavy atom. The summed E-state index contributed by atoms with van der Waals surface area (Å²) >= 11 is 0. The van der Waals surface area contributed by atoms with E-state index in [0.717, 1.165) is 37.4 Å². The summed E-state index contributed by atoms with van der Waals surface area (Å²) in [5.41, 5.74) is 7.09. The highest BCUT2D eigenvalue weighted by Gasteiger charge is 2.20. The number of aromatic nitrogens is 1. The number of nitrogens with zero attached hydrogens (tertiary/aromatic N) is 3. The molecule has 1 atom stereocenters. The lowest BCUT2D eigenvalue weighted by molar-refractivity contribution is 0.122. The maximum Gasteiger partial charge on any atom is 0.0642 e. The lowest BCUT2D eigenvalue weighted by atomic mass is 9.83. The van der Waals surface area contributed by atoms with E-state index in [1.807, 2.05) is 18.5 Å². The number of oxime groups is 1. The standard InChI is InChI=1S/C25H27N3O2/c1-19-4-2-3-5-22(19)23(11-13-27-29)24-10-12-26-18-25(24)20-6-8-21(9-7-20)28-14-16-30-17-15-28/h2-10,12-13,18,23,29H,11,14-17H2,1H3. The molecule has 1 aliphatic heterocycles. The summed E-state index contributed by atoms with van der Waals surface area (Å²) in [7, 11) is 0. The zero-order valence-electron chi connectivity index (χ0n) is 17.2. The molecule has 1 N–H and O–H groups in total. The van der Waals surface area contributed by atoms with Crippen molar-refractivity contribution >= 4 is 11.9 Å². The molecule has 154 valence electrons. The molecular weight excluding hydrogens is 374 g/mol. The molecule has 30 heavy (non-hydrogen) atoms. The third-order valence-electron chi connectivity index (χ3n) is 5.77. The number of benzene rings is 2. The molecule has 4 rings (SSSR count). The van der Waals surface area contributed by atoms with Crippen LogP contribution in [0.5, 0.6) is 0 Å². The second-order valence-electron chi connectivity index (χ2n) is 7.55. The molecule has 3 aromatic rings. The lowest BCUT2D eigenvalue weighted by Crippen LogP contribution is -2.36. The first-order chi connectivity index (χ1) is 14.8. The highest BCUT2D eigenvalue weighted by Crippen LogP contribution is 2.36. The van der Waals surface area contributed by atoms with E-state index in [2.05, 4.69) is 70.5 Å². The number of anilines is 1. The summed E-state index contributed by atoms with van der Waals surface area (Å²) in [5.74, 6) is 0.0824. The number of pyridine rings is 1. The van der Waals surface area contributed by atoms with E-state index in [0.29, 0.717) is 6.42 Å². The van der Waals surface area contributed by atoms with E-state index in [1.54, 1.807) is 6.21 Å². The normalized spacial score (nSPS) is 15.4. The first-order valence-electron chi connectivity index (χ1n) is 10.4. The van der Waals surface area contributed by atoms with Crippen LogP contribution in [0.3, 0.4) is 0 Å². The minimum absolute atomic E-state index is 0.0824. The van der Waals surface area contributed by atoms with Gasteiger partial charge in [0.1, 0.15) is 0 Å². The van der Waals surface area contributed by atoms with Crippen molar-refractivity contribution in [2.75, 3.05) is 31.2 Å². The van der Waals surface area contributed by atoms with Crippen molar-refractivity contribution in [3.8, 4) is 11.1 Å². The summed E-state index contributed by atoms with van der Waals surface area (Å²) < 4.78 is 5.46. The molecule has 1 fully saturated rings. The van der Waals surface area contributed by atoms with Crippen LogP contribution in [0.25, 0.3) is 11.1 Å². The molecule has 1 saturated heterocycles. The lowest BCUT2D eigenvalue weighted by Gasteiger charge is -2.29. The molecule has 0 amide bonds. The maximum atomic E-state index is 9.06. The van der Waals surface area contributed by atoms with Gasteiger partial charge in [0.25, 0.3) is 0 Å². The van der Waals surface area contributed by atoms with Crippen LogP contribution in [-0.2, 0) is 4.74 Å².